The van der Waals surface area contributed by atoms with E-state index in [2.05, 4.69) is 10.3 Å². The first kappa shape index (κ1) is 14.0. The summed E-state index contributed by atoms with van der Waals surface area (Å²) in [7, 11) is -2.86. The zero-order valence-corrected chi connectivity index (χ0v) is 11.8. The Labute approximate surface area is 113 Å². The molecule has 0 amide bonds. The van der Waals surface area contributed by atoms with Crippen LogP contribution in [-0.4, -0.2) is 32.0 Å². The summed E-state index contributed by atoms with van der Waals surface area (Å²) in [5.74, 6) is 0.230. The van der Waals surface area contributed by atoms with Gasteiger partial charge < -0.3 is 5.32 Å². The molecule has 1 aromatic heterocycles. The predicted molar refractivity (Wildman–Crippen MR) is 77.8 cm³/mol. The van der Waals surface area contributed by atoms with Crippen LogP contribution in [0.15, 0.2) is 36.5 Å². The lowest BCUT2D eigenvalue weighted by Gasteiger charge is -2.07. The average Bonchev–Trinajstić information content (AvgIpc) is 2.37. The zero-order valence-electron chi connectivity index (χ0n) is 11.0. The Balaban J connectivity index is 1.92. The van der Waals surface area contributed by atoms with Crippen molar-refractivity contribution in [3.8, 4) is 0 Å². The lowest BCUT2D eigenvalue weighted by molar-refractivity contribution is 0.594. The van der Waals surface area contributed by atoms with Crippen molar-refractivity contribution in [2.45, 2.75) is 13.0 Å². The van der Waals surface area contributed by atoms with Crippen LogP contribution < -0.4 is 5.32 Å². The number of sulfone groups is 1. The first-order valence-corrected chi connectivity index (χ1v) is 8.33. The van der Waals surface area contributed by atoms with Gasteiger partial charge in [-0.2, -0.15) is 0 Å². The molecular weight excluding hydrogens is 260 g/mol. The van der Waals surface area contributed by atoms with Gasteiger partial charge in [-0.3, -0.25) is 4.98 Å². The van der Waals surface area contributed by atoms with Gasteiger partial charge in [-0.1, -0.05) is 24.3 Å². The van der Waals surface area contributed by atoms with E-state index in [0.29, 0.717) is 19.5 Å². The zero-order chi connectivity index (χ0) is 13.7. The Morgan fingerprint density at radius 3 is 2.79 bits per heavy atom. The van der Waals surface area contributed by atoms with Crippen molar-refractivity contribution >= 4 is 20.7 Å². The third kappa shape index (κ3) is 4.29. The van der Waals surface area contributed by atoms with E-state index in [-0.39, 0.29) is 5.75 Å². The van der Waals surface area contributed by atoms with Crippen LogP contribution in [0.4, 0.5) is 0 Å². The summed E-state index contributed by atoms with van der Waals surface area (Å²) in [6, 6.07) is 10.0. The fraction of sp³-hybridized carbons (Fsp3) is 0.357. The van der Waals surface area contributed by atoms with E-state index >= 15 is 0 Å². The molecule has 2 aromatic rings. The van der Waals surface area contributed by atoms with Crippen molar-refractivity contribution in [3.05, 3.63) is 42.1 Å². The van der Waals surface area contributed by atoms with Gasteiger partial charge in [-0.25, -0.2) is 8.42 Å². The smallest absolute Gasteiger partial charge is 0.147 e. The number of para-hydroxylation sites is 1. The third-order valence-corrected chi connectivity index (χ3v) is 3.93. The summed E-state index contributed by atoms with van der Waals surface area (Å²) in [6.07, 6.45) is 3.69. The molecule has 1 heterocycles. The fourth-order valence-electron chi connectivity index (χ4n) is 1.99. The summed E-state index contributed by atoms with van der Waals surface area (Å²) in [5.41, 5.74) is 2.14. The minimum Gasteiger partial charge on any atom is -0.313 e. The number of rotatable bonds is 6. The van der Waals surface area contributed by atoms with Crippen molar-refractivity contribution < 1.29 is 8.42 Å². The summed E-state index contributed by atoms with van der Waals surface area (Å²) < 4.78 is 22.0. The fourth-order valence-corrected chi connectivity index (χ4v) is 2.66. The van der Waals surface area contributed by atoms with Crippen LogP contribution >= 0.6 is 0 Å². The number of fused-ring (bicyclic) bond motifs is 1. The molecule has 102 valence electrons. The topological polar surface area (TPSA) is 59.1 Å². The Hall–Kier alpha value is -1.46. The summed E-state index contributed by atoms with van der Waals surface area (Å²) in [5, 5.41) is 4.39. The SMILES string of the molecule is CS(=O)(=O)CCCNCc1cccc2cccnc12. The van der Waals surface area contributed by atoms with E-state index in [1.807, 2.05) is 30.3 Å². The van der Waals surface area contributed by atoms with Crippen LogP contribution in [0.5, 0.6) is 0 Å². The number of nitrogens with zero attached hydrogens (tertiary/aromatic N) is 1. The molecule has 0 saturated carbocycles. The van der Waals surface area contributed by atoms with Gasteiger partial charge in [0.15, 0.2) is 0 Å². The van der Waals surface area contributed by atoms with Crippen LogP contribution in [0.2, 0.25) is 0 Å². The van der Waals surface area contributed by atoms with Gasteiger partial charge in [-0.05, 0) is 24.6 Å². The van der Waals surface area contributed by atoms with E-state index in [1.165, 1.54) is 6.26 Å². The lowest BCUT2D eigenvalue weighted by atomic mass is 10.1. The van der Waals surface area contributed by atoms with Crippen molar-refractivity contribution in [1.29, 1.82) is 0 Å². The minimum absolute atomic E-state index is 0.230. The normalized spacial score (nSPS) is 11.8. The highest BCUT2D eigenvalue weighted by molar-refractivity contribution is 7.90. The maximum atomic E-state index is 11.0. The molecule has 5 heteroatoms. The maximum Gasteiger partial charge on any atom is 0.147 e. The van der Waals surface area contributed by atoms with Gasteiger partial charge >= 0.3 is 0 Å². The van der Waals surface area contributed by atoms with Gasteiger partial charge in [0.25, 0.3) is 0 Å². The molecule has 1 N–H and O–H groups in total. The Morgan fingerprint density at radius 1 is 1.21 bits per heavy atom. The highest BCUT2D eigenvalue weighted by Gasteiger charge is 2.03. The second kappa shape index (κ2) is 6.12. The number of hydrogen-bond acceptors (Lipinski definition) is 4. The van der Waals surface area contributed by atoms with Crippen LogP contribution in [0, 0.1) is 0 Å². The molecular formula is C14H18N2O2S. The van der Waals surface area contributed by atoms with Crippen molar-refractivity contribution in [3.63, 3.8) is 0 Å². The van der Waals surface area contributed by atoms with E-state index in [0.717, 1.165) is 16.5 Å². The molecule has 0 radical (unpaired) electrons. The van der Waals surface area contributed by atoms with E-state index in [1.54, 1.807) is 6.20 Å². The Bertz CT molecular complexity index is 648. The minimum atomic E-state index is -2.86. The van der Waals surface area contributed by atoms with E-state index in [4.69, 9.17) is 0 Å². The van der Waals surface area contributed by atoms with Crippen LogP contribution in [-0.2, 0) is 16.4 Å². The van der Waals surface area contributed by atoms with E-state index in [9.17, 15) is 8.42 Å². The van der Waals surface area contributed by atoms with Crippen LogP contribution in [0.3, 0.4) is 0 Å². The largest absolute Gasteiger partial charge is 0.313 e. The van der Waals surface area contributed by atoms with Gasteiger partial charge in [0.1, 0.15) is 9.84 Å². The summed E-state index contributed by atoms with van der Waals surface area (Å²) in [6.45, 7) is 1.40. The van der Waals surface area contributed by atoms with Crippen molar-refractivity contribution in [2.75, 3.05) is 18.6 Å². The number of nitrogens with one attached hydrogen (secondary N) is 1. The first-order valence-electron chi connectivity index (χ1n) is 6.27. The molecule has 0 aliphatic heterocycles. The first-order chi connectivity index (χ1) is 9.06. The number of benzene rings is 1. The molecule has 1 aromatic carbocycles. The maximum absolute atomic E-state index is 11.0. The second-order valence-electron chi connectivity index (χ2n) is 4.65. The molecule has 0 fully saturated rings. The highest BCUT2D eigenvalue weighted by Crippen LogP contribution is 2.15. The number of aromatic nitrogens is 1. The molecule has 2 rings (SSSR count). The van der Waals surface area contributed by atoms with Gasteiger partial charge in [0.05, 0.1) is 11.3 Å². The number of pyridine rings is 1. The molecule has 0 aliphatic rings. The average molecular weight is 278 g/mol. The van der Waals surface area contributed by atoms with Gasteiger partial charge in [0, 0.05) is 24.4 Å². The molecule has 0 spiro atoms. The molecule has 0 aliphatic carbocycles. The molecule has 0 atom stereocenters. The van der Waals surface area contributed by atoms with E-state index < -0.39 is 9.84 Å². The summed E-state index contributed by atoms with van der Waals surface area (Å²) in [4.78, 5) is 4.38. The lowest BCUT2D eigenvalue weighted by Crippen LogP contribution is -2.18. The molecule has 19 heavy (non-hydrogen) atoms. The van der Waals surface area contributed by atoms with Crippen molar-refractivity contribution in [2.24, 2.45) is 0 Å². The van der Waals surface area contributed by atoms with Gasteiger partial charge in [0.2, 0.25) is 0 Å². The Morgan fingerprint density at radius 2 is 2.00 bits per heavy atom. The second-order valence-corrected chi connectivity index (χ2v) is 6.91. The summed E-state index contributed by atoms with van der Waals surface area (Å²) >= 11 is 0. The molecule has 0 bridgehead atoms. The quantitative estimate of drug-likeness (QED) is 0.818. The number of hydrogen-bond donors (Lipinski definition) is 1. The standard InChI is InChI=1S/C14H18N2O2S/c1-19(17,18)10-4-8-15-11-13-6-2-5-12-7-3-9-16-14(12)13/h2-3,5-7,9,15H,4,8,10-11H2,1H3. The highest BCUT2D eigenvalue weighted by atomic mass is 32.2. The predicted octanol–water partition coefficient (Wildman–Crippen LogP) is 1.76. The monoisotopic (exact) mass is 278 g/mol. The van der Waals surface area contributed by atoms with Gasteiger partial charge in [-0.15, -0.1) is 0 Å². The molecule has 0 saturated heterocycles. The molecule has 4 nitrogen and oxygen atoms in total. The van der Waals surface area contributed by atoms with Crippen molar-refractivity contribution in [1.82, 2.24) is 10.3 Å². The third-order valence-electron chi connectivity index (χ3n) is 2.90. The van der Waals surface area contributed by atoms with Crippen LogP contribution in [0.1, 0.15) is 12.0 Å². The van der Waals surface area contributed by atoms with Crippen LogP contribution in [0.25, 0.3) is 10.9 Å². The molecule has 0 unspecified atom stereocenters. The Kier molecular flexibility index (Phi) is 4.50.